The van der Waals surface area contributed by atoms with Crippen LogP contribution in [0.2, 0.25) is 0 Å². The number of hydrogen-bond donors (Lipinski definition) is 2. The quantitative estimate of drug-likeness (QED) is 0.517. The summed E-state index contributed by atoms with van der Waals surface area (Å²) in [6, 6.07) is 4.19. The molecule has 0 unspecified atom stereocenters. The van der Waals surface area contributed by atoms with Crippen molar-refractivity contribution >= 4 is 37.4 Å². The van der Waals surface area contributed by atoms with Gasteiger partial charge >= 0.3 is 5.76 Å². The van der Waals surface area contributed by atoms with Crippen LogP contribution in [0.4, 0.5) is 0 Å². The van der Waals surface area contributed by atoms with Gasteiger partial charge in [-0.15, -0.1) is 10.2 Å². The second kappa shape index (κ2) is 5.46. The highest BCUT2D eigenvalue weighted by atomic mass is 32.2. The largest absolute Gasteiger partial charge is 0.417 e. The number of hydrogen-bond acceptors (Lipinski definition) is 8. The van der Waals surface area contributed by atoms with Crippen molar-refractivity contribution in [3.05, 3.63) is 39.6 Å². The van der Waals surface area contributed by atoms with Crippen LogP contribution >= 0.6 is 11.3 Å². The number of sulfonamides is 1. The van der Waals surface area contributed by atoms with Crippen LogP contribution in [0.25, 0.3) is 16.1 Å². The Morgan fingerprint density at radius 1 is 1.35 bits per heavy atom. The number of oxazole rings is 1. The van der Waals surface area contributed by atoms with Crippen LogP contribution in [0, 0.1) is 0 Å². The lowest BCUT2D eigenvalue weighted by atomic mass is 10.3. The lowest BCUT2D eigenvalue weighted by Gasteiger charge is -2.04. The van der Waals surface area contributed by atoms with Gasteiger partial charge in [0.2, 0.25) is 15.0 Å². The first-order valence-corrected chi connectivity index (χ1v) is 10.1. The van der Waals surface area contributed by atoms with Gasteiger partial charge in [0, 0.05) is 12.0 Å². The second-order valence-corrected chi connectivity index (χ2v) is 8.83. The molecule has 134 valence electrons. The van der Waals surface area contributed by atoms with Gasteiger partial charge < -0.3 is 4.42 Å². The Hall–Kier alpha value is -2.57. The van der Waals surface area contributed by atoms with Gasteiger partial charge in [0.25, 0.3) is 0 Å². The monoisotopic (exact) mass is 392 g/mol. The number of H-pyrrole nitrogens is 1. The van der Waals surface area contributed by atoms with Gasteiger partial charge in [0.15, 0.2) is 11.4 Å². The van der Waals surface area contributed by atoms with Crippen molar-refractivity contribution in [1.29, 1.82) is 0 Å². The molecule has 1 saturated carbocycles. The van der Waals surface area contributed by atoms with E-state index in [2.05, 4.69) is 25.0 Å². The van der Waals surface area contributed by atoms with Crippen molar-refractivity contribution in [2.75, 3.05) is 0 Å². The lowest BCUT2D eigenvalue weighted by Crippen LogP contribution is -2.23. The Kier molecular flexibility index (Phi) is 3.29. The maximum absolute atomic E-state index is 12.5. The minimum absolute atomic E-state index is 0.00872. The summed E-state index contributed by atoms with van der Waals surface area (Å²) in [5.74, 6) is 0.603. The molecule has 3 heterocycles. The Morgan fingerprint density at radius 2 is 2.19 bits per heavy atom. The third-order valence-corrected chi connectivity index (χ3v) is 6.41. The van der Waals surface area contributed by atoms with Gasteiger partial charge in [0.1, 0.15) is 5.01 Å². The molecule has 0 bridgehead atoms. The van der Waals surface area contributed by atoms with Crippen molar-refractivity contribution in [1.82, 2.24) is 29.5 Å². The van der Waals surface area contributed by atoms with Crippen molar-refractivity contribution in [3.63, 3.8) is 0 Å². The number of rotatable bonds is 5. The predicted molar refractivity (Wildman–Crippen MR) is 91.5 cm³/mol. The van der Waals surface area contributed by atoms with E-state index in [4.69, 9.17) is 4.42 Å². The third kappa shape index (κ3) is 2.62. The first-order valence-electron chi connectivity index (χ1n) is 7.83. The van der Waals surface area contributed by atoms with Crippen molar-refractivity contribution < 1.29 is 12.8 Å². The minimum Gasteiger partial charge on any atom is -0.408 e. The molecule has 1 aliphatic rings. The molecule has 5 rings (SSSR count). The summed E-state index contributed by atoms with van der Waals surface area (Å²) in [5.41, 5.74) is 0.626. The molecule has 1 aromatic carbocycles. The van der Waals surface area contributed by atoms with Crippen LogP contribution in [-0.4, -0.2) is 33.2 Å². The highest BCUT2D eigenvalue weighted by Crippen LogP contribution is 2.39. The molecular weight excluding hydrogens is 380 g/mol. The second-order valence-electron chi connectivity index (χ2n) is 6.02. The zero-order chi connectivity index (χ0) is 17.9. The van der Waals surface area contributed by atoms with Gasteiger partial charge in [-0.3, -0.25) is 4.98 Å². The van der Waals surface area contributed by atoms with E-state index in [0.29, 0.717) is 21.4 Å². The Morgan fingerprint density at radius 3 is 3.00 bits per heavy atom. The highest BCUT2D eigenvalue weighted by Gasteiger charge is 2.30. The molecule has 0 spiro atoms. The molecule has 3 aromatic heterocycles. The molecule has 10 nitrogen and oxygen atoms in total. The van der Waals surface area contributed by atoms with E-state index in [9.17, 15) is 13.2 Å². The summed E-state index contributed by atoms with van der Waals surface area (Å²) in [6.07, 6.45) is 2.16. The average Bonchev–Trinajstić information content (AvgIpc) is 3.08. The molecule has 4 aromatic rings. The fourth-order valence-corrected chi connectivity index (χ4v) is 4.55. The Labute approximate surface area is 149 Å². The summed E-state index contributed by atoms with van der Waals surface area (Å²) >= 11 is 1.29. The van der Waals surface area contributed by atoms with Crippen molar-refractivity contribution in [2.24, 2.45) is 0 Å². The van der Waals surface area contributed by atoms with E-state index in [0.717, 1.165) is 18.7 Å². The topological polar surface area (TPSA) is 135 Å². The fraction of sp³-hybridized carbons (Fsp3) is 0.286. The predicted octanol–water partition coefficient (Wildman–Crippen LogP) is 0.976. The number of fused-ring (bicyclic) bond motifs is 2. The number of benzene rings is 1. The van der Waals surface area contributed by atoms with Crippen LogP contribution in [-0.2, 0) is 16.6 Å². The number of nitrogens with one attached hydrogen (secondary N) is 2. The number of aromatic nitrogens is 5. The summed E-state index contributed by atoms with van der Waals surface area (Å²) in [4.78, 5) is 14.3. The standard InChI is InChI=1S/C14H12N6O4S2/c21-14-16-9-4-3-8(5-10(9)24-14)26(22,23)15-6-11-19-20-12(7-1-2-7)17-18-13(20)25-11/h3-5,7,15H,1-2,6H2,(H,16,21). The summed E-state index contributed by atoms with van der Waals surface area (Å²) in [7, 11) is -3.78. The van der Waals surface area contributed by atoms with Crippen LogP contribution in [0.15, 0.2) is 32.3 Å². The molecule has 1 aliphatic carbocycles. The van der Waals surface area contributed by atoms with Gasteiger partial charge in [-0.05, 0) is 25.0 Å². The molecule has 0 aliphatic heterocycles. The number of aromatic amines is 1. The number of nitrogens with zero attached hydrogens (tertiary/aromatic N) is 4. The average molecular weight is 392 g/mol. The van der Waals surface area contributed by atoms with Gasteiger partial charge in [0.05, 0.1) is 17.0 Å². The van der Waals surface area contributed by atoms with Crippen molar-refractivity contribution in [2.45, 2.75) is 30.2 Å². The fourth-order valence-electron chi connectivity index (χ4n) is 2.67. The highest BCUT2D eigenvalue weighted by molar-refractivity contribution is 7.89. The molecule has 0 radical (unpaired) electrons. The maximum atomic E-state index is 12.5. The summed E-state index contributed by atoms with van der Waals surface area (Å²) < 4.78 is 34.1. The normalized spacial score (nSPS) is 15.2. The van der Waals surface area contributed by atoms with Gasteiger partial charge in [-0.2, -0.15) is 9.61 Å². The maximum Gasteiger partial charge on any atom is 0.417 e. The molecule has 0 amide bonds. The van der Waals surface area contributed by atoms with Crippen molar-refractivity contribution in [3.8, 4) is 0 Å². The van der Waals surface area contributed by atoms with E-state index in [1.807, 2.05) is 0 Å². The van der Waals surface area contributed by atoms with Gasteiger partial charge in [-0.1, -0.05) is 11.3 Å². The molecule has 1 fully saturated rings. The third-order valence-electron chi connectivity index (χ3n) is 4.12. The zero-order valence-electron chi connectivity index (χ0n) is 13.2. The molecule has 12 heteroatoms. The van der Waals surface area contributed by atoms with Gasteiger partial charge in [-0.25, -0.2) is 17.9 Å². The minimum atomic E-state index is -3.78. The molecule has 2 N–H and O–H groups in total. The molecule has 26 heavy (non-hydrogen) atoms. The Bertz CT molecular complexity index is 1290. The van der Waals surface area contributed by atoms with Crippen LogP contribution in [0.5, 0.6) is 0 Å². The van der Waals surface area contributed by atoms with E-state index in [1.54, 1.807) is 4.52 Å². The smallest absolute Gasteiger partial charge is 0.408 e. The SMILES string of the molecule is O=c1[nH]c2ccc(S(=O)(=O)NCc3nn4c(C5CC5)nnc4s3)cc2o1. The molecular formula is C14H12N6O4S2. The van der Waals surface area contributed by atoms with E-state index in [1.165, 1.54) is 29.5 Å². The molecule has 0 atom stereocenters. The Balaban J connectivity index is 1.39. The molecule has 0 saturated heterocycles. The van der Waals surface area contributed by atoms with E-state index < -0.39 is 15.8 Å². The van der Waals surface area contributed by atoms with E-state index in [-0.39, 0.29) is 17.0 Å². The van der Waals surface area contributed by atoms with E-state index >= 15 is 0 Å². The first kappa shape index (κ1) is 15.7. The summed E-state index contributed by atoms with van der Waals surface area (Å²) in [5, 5.41) is 13.2. The summed E-state index contributed by atoms with van der Waals surface area (Å²) in [6.45, 7) is 0.0373. The lowest BCUT2D eigenvalue weighted by molar-refractivity contribution is 0.553. The van der Waals surface area contributed by atoms with Crippen LogP contribution in [0.3, 0.4) is 0 Å². The van der Waals surface area contributed by atoms with Crippen LogP contribution in [0.1, 0.15) is 29.6 Å². The first-order chi connectivity index (χ1) is 12.5. The van der Waals surface area contributed by atoms with Crippen LogP contribution < -0.4 is 10.5 Å². The zero-order valence-corrected chi connectivity index (χ0v) is 14.8.